The SMILES string of the molecule is COc1ccc(CNCC[C@@]2(O)CCOC(C)(C)C2)cc1. The molecule has 118 valence electrons. The summed E-state index contributed by atoms with van der Waals surface area (Å²) in [6.07, 6.45) is 2.18. The lowest BCUT2D eigenvalue weighted by atomic mass is 9.82. The Kier molecular flexibility index (Phi) is 5.25. The predicted octanol–water partition coefficient (Wildman–Crippen LogP) is 2.50. The molecule has 0 aliphatic carbocycles. The van der Waals surface area contributed by atoms with Crippen LogP contribution in [0, 0.1) is 0 Å². The highest BCUT2D eigenvalue weighted by Crippen LogP contribution is 2.33. The lowest BCUT2D eigenvalue weighted by Gasteiger charge is -2.41. The third-order valence-corrected chi connectivity index (χ3v) is 4.07. The number of ether oxygens (including phenoxy) is 2. The Hall–Kier alpha value is -1.10. The van der Waals surface area contributed by atoms with Gasteiger partial charge in [0.15, 0.2) is 0 Å². The van der Waals surface area contributed by atoms with Crippen LogP contribution in [0.25, 0.3) is 0 Å². The summed E-state index contributed by atoms with van der Waals surface area (Å²) in [5.74, 6) is 0.873. The van der Waals surface area contributed by atoms with Crippen molar-refractivity contribution in [2.45, 2.75) is 50.9 Å². The van der Waals surface area contributed by atoms with Crippen molar-refractivity contribution in [1.29, 1.82) is 0 Å². The Morgan fingerprint density at radius 1 is 1.29 bits per heavy atom. The van der Waals surface area contributed by atoms with Crippen LogP contribution in [0.1, 0.15) is 38.7 Å². The number of rotatable bonds is 6. The molecule has 0 bridgehead atoms. The Morgan fingerprint density at radius 3 is 2.62 bits per heavy atom. The van der Waals surface area contributed by atoms with E-state index in [1.807, 2.05) is 26.0 Å². The number of nitrogens with one attached hydrogen (secondary N) is 1. The molecule has 0 amide bonds. The molecule has 0 aromatic heterocycles. The highest BCUT2D eigenvalue weighted by molar-refractivity contribution is 5.26. The molecular weight excluding hydrogens is 266 g/mol. The van der Waals surface area contributed by atoms with E-state index < -0.39 is 5.60 Å². The van der Waals surface area contributed by atoms with Crippen LogP contribution in [0.4, 0.5) is 0 Å². The number of methoxy groups -OCH3 is 1. The lowest BCUT2D eigenvalue weighted by molar-refractivity contribution is -0.146. The fourth-order valence-electron chi connectivity index (χ4n) is 2.96. The summed E-state index contributed by atoms with van der Waals surface area (Å²) in [4.78, 5) is 0. The van der Waals surface area contributed by atoms with Gasteiger partial charge in [0.2, 0.25) is 0 Å². The van der Waals surface area contributed by atoms with E-state index in [0.29, 0.717) is 13.0 Å². The Balaban J connectivity index is 1.73. The van der Waals surface area contributed by atoms with Gasteiger partial charge in [-0.2, -0.15) is 0 Å². The molecule has 2 rings (SSSR count). The van der Waals surface area contributed by atoms with Gasteiger partial charge in [0, 0.05) is 13.0 Å². The molecule has 1 heterocycles. The van der Waals surface area contributed by atoms with Crippen molar-refractivity contribution >= 4 is 0 Å². The maximum Gasteiger partial charge on any atom is 0.118 e. The highest BCUT2D eigenvalue weighted by atomic mass is 16.5. The second-order valence-corrected chi connectivity index (χ2v) is 6.53. The Labute approximate surface area is 127 Å². The predicted molar refractivity (Wildman–Crippen MR) is 83.5 cm³/mol. The number of benzene rings is 1. The molecule has 1 atom stereocenters. The van der Waals surface area contributed by atoms with Crippen LogP contribution < -0.4 is 10.1 Å². The van der Waals surface area contributed by atoms with Crippen molar-refractivity contribution in [3.63, 3.8) is 0 Å². The molecule has 1 aliphatic heterocycles. The molecule has 1 aromatic carbocycles. The fourth-order valence-corrected chi connectivity index (χ4v) is 2.96. The van der Waals surface area contributed by atoms with Gasteiger partial charge in [-0.15, -0.1) is 0 Å². The first-order valence-corrected chi connectivity index (χ1v) is 7.63. The maximum absolute atomic E-state index is 10.6. The standard InChI is InChI=1S/C17H27NO3/c1-16(2)13-17(19,9-11-21-16)8-10-18-12-14-4-6-15(20-3)7-5-14/h4-7,18-19H,8-13H2,1-3H3/t17-/m1/s1. The summed E-state index contributed by atoms with van der Waals surface area (Å²) in [7, 11) is 1.67. The average Bonchev–Trinajstić information content (AvgIpc) is 2.43. The number of hydrogen-bond donors (Lipinski definition) is 2. The van der Waals surface area contributed by atoms with E-state index in [1.165, 1.54) is 5.56 Å². The number of hydrogen-bond acceptors (Lipinski definition) is 4. The monoisotopic (exact) mass is 293 g/mol. The molecule has 0 spiro atoms. The molecule has 1 aromatic rings. The molecule has 0 saturated carbocycles. The van der Waals surface area contributed by atoms with Gasteiger partial charge in [0.1, 0.15) is 5.75 Å². The average molecular weight is 293 g/mol. The normalized spacial score (nSPS) is 24.8. The minimum atomic E-state index is -0.603. The first-order valence-electron chi connectivity index (χ1n) is 7.63. The van der Waals surface area contributed by atoms with Gasteiger partial charge >= 0.3 is 0 Å². The second-order valence-electron chi connectivity index (χ2n) is 6.53. The molecule has 1 fully saturated rings. The van der Waals surface area contributed by atoms with Gasteiger partial charge in [-0.3, -0.25) is 0 Å². The van der Waals surface area contributed by atoms with Crippen LogP contribution in [-0.2, 0) is 11.3 Å². The van der Waals surface area contributed by atoms with Gasteiger partial charge in [0.05, 0.1) is 24.9 Å². The minimum absolute atomic E-state index is 0.219. The zero-order valence-corrected chi connectivity index (χ0v) is 13.3. The van der Waals surface area contributed by atoms with Crippen LogP contribution in [0.3, 0.4) is 0 Å². The highest BCUT2D eigenvalue weighted by Gasteiger charge is 2.38. The second kappa shape index (κ2) is 6.77. The van der Waals surface area contributed by atoms with E-state index in [4.69, 9.17) is 9.47 Å². The summed E-state index contributed by atoms with van der Waals surface area (Å²) >= 11 is 0. The molecular formula is C17H27NO3. The van der Waals surface area contributed by atoms with Gasteiger partial charge in [-0.25, -0.2) is 0 Å². The van der Waals surface area contributed by atoms with Crippen LogP contribution in [0.2, 0.25) is 0 Å². The van der Waals surface area contributed by atoms with Gasteiger partial charge in [0.25, 0.3) is 0 Å². The van der Waals surface area contributed by atoms with Crippen LogP contribution in [0.15, 0.2) is 24.3 Å². The molecule has 1 aliphatic rings. The smallest absolute Gasteiger partial charge is 0.118 e. The molecule has 0 radical (unpaired) electrons. The van der Waals surface area contributed by atoms with Crippen molar-refractivity contribution in [3.8, 4) is 5.75 Å². The third-order valence-electron chi connectivity index (χ3n) is 4.07. The zero-order valence-electron chi connectivity index (χ0n) is 13.3. The van der Waals surface area contributed by atoms with Crippen LogP contribution >= 0.6 is 0 Å². The topological polar surface area (TPSA) is 50.7 Å². The first-order chi connectivity index (χ1) is 9.92. The van der Waals surface area contributed by atoms with Crippen molar-refractivity contribution < 1.29 is 14.6 Å². The van der Waals surface area contributed by atoms with Gasteiger partial charge in [-0.05, 0) is 50.9 Å². The van der Waals surface area contributed by atoms with E-state index in [9.17, 15) is 5.11 Å². The third kappa shape index (κ3) is 4.99. The largest absolute Gasteiger partial charge is 0.497 e. The first kappa shape index (κ1) is 16.3. The Morgan fingerprint density at radius 2 is 2.00 bits per heavy atom. The lowest BCUT2D eigenvalue weighted by Crippen LogP contribution is -2.47. The van der Waals surface area contributed by atoms with Crippen molar-refractivity contribution in [1.82, 2.24) is 5.32 Å². The molecule has 4 nitrogen and oxygen atoms in total. The summed E-state index contributed by atoms with van der Waals surface area (Å²) in [6, 6.07) is 8.04. The summed E-state index contributed by atoms with van der Waals surface area (Å²) in [5, 5.41) is 14.0. The number of aliphatic hydroxyl groups is 1. The van der Waals surface area contributed by atoms with Gasteiger partial charge < -0.3 is 19.9 Å². The zero-order chi connectivity index (χ0) is 15.3. The van der Waals surface area contributed by atoms with E-state index in [0.717, 1.165) is 31.7 Å². The van der Waals surface area contributed by atoms with E-state index in [1.54, 1.807) is 7.11 Å². The molecule has 0 unspecified atom stereocenters. The minimum Gasteiger partial charge on any atom is -0.497 e. The van der Waals surface area contributed by atoms with Crippen LogP contribution in [0.5, 0.6) is 5.75 Å². The quantitative estimate of drug-likeness (QED) is 0.791. The van der Waals surface area contributed by atoms with E-state index in [-0.39, 0.29) is 5.60 Å². The maximum atomic E-state index is 10.6. The van der Waals surface area contributed by atoms with E-state index in [2.05, 4.69) is 17.4 Å². The molecule has 4 heteroatoms. The summed E-state index contributed by atoms with van der Waals surface area (Å²) in [5.41, 5.74) is 0.396. The van der Waals surface area contributed by atoms with Gasteiger partial charge in [-0.1, -0.05) is 12.1 Å². The van der Waals surface area contributed by atoms with Crippen molar-refractivity contribution in [2.75, 3.05) is 20.3 Å². The fraction of sp³-hybridized carbons (Fsp3) is 0.647. The Bertz CT molecular complexity index is 444. The summed E-state index contributed by atoms with van der Waals surface area (Å²) < 4.78 is 10.8. The molecule has 21 heavy (non-hydrogen) atoms. The van der Waals surface area contributed by atoms with Crippen molar-refractivity contribution in [2.24, 2.45) is 0 Å². The van der Waals surface area contributed by atoms with Crippen molar-refractivity contribution in [3.05, 3.63) is 29.8 Å². The van der Waals surface area contributed by atoms with Crippen LogP contribution in [-0.4, -0.2) is 36.6 Å². The molecule has 1 saturated heterocycles. The van der Waals surface area contributed by atoms with E-state index >= 15 is 0 Å². The summed E-state index contributed by atoms with van der Waals surface area (Å²) in [6.45, 7) is 6.34. The molecule has 2 N–H and O–H groups in total.